The van der Waals surface area contributed by atoms with Crippen LogP contribution in [0.15, 0.2) is 0 Å². The van der Waals surface area contributed by atoms with Gasteiger partial charge in [-0.1, -0.05) is 0 Å². The molecule has 0 aromatic heterocycles. The van der Waals surface area contributed by atoms with E-state index in [4.69, 9.17) is 0 Å². The first kappa shape index (κ1) is 9.83. The normalized spacial score (nSPS) is 10.3. The Bertz CT molecular complexity index is 309. The SMILES string of the molecule is CN(C)c1c(F)c(F)[c]c(F)c1F. The summed E-state index contributed by atoms with van der Waals surface area (Å²) < 4.78 is 50.7. The Morgan fingerprint density at radius 3 is 1.62 bits per heavy atom. The van der Waals surface area contributed by atoms with Crippen molar-refractivity contribution in [2.24, 2.45) is 0 Å². The van der Waals surface area contributed by atoms with Crippen molar-refractivity contribution in [2.75, 3.05) is 19.0 Å². The third-order valence-electron chi connectivity index (χ3n) is 1.47. The number of hydrogen-bond acceptors (Lipinski definition) is 1. The predicted molar refractivity (Wildman–Crippen MR) is 39.4 cm³/mol. The van der Waals surface area contributed by atoms with E-state index in [9.17, 15) is 17.6 Å². The van der Waals surface area contributed by atoms with E-state index in [1.807, 2.05) is 0 Å². The molecular weight excluding hydrogens is 186 g/mol. The van der Waals surface area contributed by atoms with Gasteiger partial charge < -0.3 is 4.90 Å². The Kier molecular flexibility index (Phi) is 2.45. The zero-order valence-corrected chi connectivity index (χ0v) is 6.96. The van der Waals surface area contributed by atoms with Gasteiger partial charge in [0.05, 0.1) is 6.07 Å². The summed E-state index contributed by atoms with van der Waals surface area (Å²) in [6.45, 7) is 0. The third-order valence-corrected chi connectivity index (χ3v) is 1.47. The number of benzene rings is 1. The van der Waals surface area contributed by atoms with Crippen LogP contribution >= 0.6 is 0 Å². The van der Waals surface area contributed by atoms with Gasteiger partial charge in [0.25, 0.3) is 0 Å². The summed E-state index contributed by atoms with van der Waals surface area (Å²) in [5.41, 5.74) is -0.742. The molecule has 0 unspecified atom stereocenters. The zero-order valence-electron chi connectivity index (χ0n) is 6.96. The number of halogens is 4. The summed E-state index contributed by atoms with van der Waals surface area (Å²) in [4.78, 5) is 0.949. The first-order valence-corrected chi connectivity index (χ1v) is 3.37. The van der Waals surface area contributed by atoms with Gasteiger partial charge in [-0.25, -0.2) is 17.6 Å². The second-order valence-corrected chi connectivity index (χ2v) is 2.62. The third kappa shape index (κ3) is 1.59. The fourth-order valence-electron chi connectivity index (χ4n) is 0.903. The lowest BCUT2D eigenvalue weighted by Gasteiger charge is -2.14. The van der Waals surface area contributed by atoms with Crippen molar-refractivity contribution in [3.63, 3.8) is 0 Å². The van der Waals surface area contributed by atoms with Gasteiger partial charge in [-0.3, -0.25) is 0 Å². The van der Waals surface area contributed by atoms with E-state index in [1.54, 1.807) is 0 Å². The molecule has 1 aromatic rings. The Morgan fingerprint density at radius 1 is 0.923 bits per heavy atom. The molecule has 0 atom stereocenters. The highest BCUT2D eigenvalue weighted by Gasteiger charge is 2.20. The van der Waals surface area contributed by atoms with Crippen molar-refractivity contribution in [3.05, 3.63) is 29.3 Å². The van der Waals surface area contributed by atoms with Crippen molar-refractivity contribution in [3.8, 4) is 0 Å². The summed E-state index contributed by atoms with van der Waals surface area (Å²) in [6.07, 6.45) is 0. The van der Waals surface area contributed by atoms with Crippen LogP contribution in [0.1, 0.15) is 0 Å². The fraction of sp³-hybridized carbons (Fsp3) is 0.250. The van der Waals surface area contributed by atoms with Crippen LogP contribution in [0, 0.1) is 29.3 Å². The van der Waals surface area contributed by atoms with Crippen LogP contribution in [-0.2, 0) is 0 Å². The van der Waals surface area contributed by atoms with Crippen LogP contribution in [0.25, 0.3) is 0 Å². The highest BCUT2D eigenvalue weighted by molar-refractivity contribution is 5.48. The number of anilines is 1. The average Bonchev–Trinajstić information content (AvgIpc) is 2.01. The van der Waals surface area contributed by atoms with Gasteiger partial charge in [0.1, 0.15) is 5.69 Å². The smallest absolute Gasteiger partial charge is 0.185 e. The van der Waals surface area contributed by atoms with Crippen molar-refractivity contribution in [1.82, 2.24) is 0 Å². The van der Waals surface area contributed by atoms with Crippen molar-refractivity contribution < 1.29 is 17.6 Å². The molecule has 0 aliphatic heterocycles. The molecule has 1 aromatic carbocycles. The maximum Gasteiger partial charge on any atom is 0.185 e. The lowest BCUT2D eigenvalue weighted by atomic mass is 10.2. The molecule has 1 nitrogen and oxygen atoms in total. The summed E-state index contributed by atoms with van der Waals surface area (Å²) in [5.74, 6) is -5.93. The van der Waals surface area contributed by atoms with Gasteiger partial charge in [0, 0.05) is 14.1 Å². The van der Waals surface area contributed by atoms with Crippen LogP contribution in [0.3, 0.4) is 0 Å². The molecule has 0 saturated carbocycles. The van der Waals surface area contributed by atoms with E-state index < -0.39 is 29.0 Å². The lowest BCUT2D eigenvalue weighted by Crippen LogP contribution is -2.15. The van der Waals surface area contributed by atoms with Gasteiger partial charge in [-0.05, 0) is 0 Å². The Morgan fingerprint density at radius 2 is 1.31 bits per heavy atom. The number of rotatable bonds is 1. The predicted octanol–water partition coefficient (Wildman–Crippen LogP) is 2.11. The molecular formula is C8H6F4N. The van der Waals surface area contributed by atoms with Crippen molar-refractivity contribution in [1.29, 1.82) is 0 Å². The molecule has 0 amide bonds. The molecule has 13 heavy (non-hydrogen) atoms. The maximum atomic E-state index is 12.8. The van der Waals surface area contributed by atoms with E-state index in [2.05, 4.69) is 0 Å². The molecule has 0 spiro atoms. The second-order valence-electron chi connectivity index (χ2n) is 2.62. The topological polar surface area (TPSA) is 3.24 Å². The van der Waals surface area contributed by atoms with Gasteiger partial charge in [0.2, 0.25) is 0 Å². The molecule has 0 N–H and O–H groups in total. The van der Waals surface area contributed by atoms with E-state index in [1.165, 1.54) is 20.2 Å². The van der Waals surface area contributed by atoms with Crippen LogP contribution in [0.4, 0.5) is 23.2 Å². The van der Waals surface area contributed by atoms with Crippen molar-refractivity contribution >= 4 is 5.69 Å². The molecule has 0 saturated heterocycles. The van der Waals surface area contributed by atoms with E-state index >= 15 is 0 Å². The van der Waals surface area contributed by atoms with Crippen LogP contribution in [0.2, 0.25) is 0 Å². The minimum Gasteiger partial charge on any atom is -0.373 e. The quantitative estimate of drug-likeness (QED) is 0.486. The Hall–Kier alpha value is -1.26. The van der Waals surface area contributed by atoms with Gasteiger partial charge in [-0.15, -0.1) is 0 Å². The van der Waals surface area contributed by atoms with Gasteiger partial charge >= 0.3 is 0 Å². The minimum atomic E-state index is -1.53. The zero-order chi connectivity index (χ0) is 10.2. The van der Waals surface area contributed by atoms with E-state index in [0.717, 1.165) is 4.90 Å². The minimum absolute atomic E-state index is 0.742. The molecule has 1 radical (unpaired) electrons. The summed E-state index contributed by atoms with van der Waals surface area (Å²) in [7, 11) is 2.56. The highest BCUT2D eigenvalue weighted by atomic mass is 19.2. The summed E-state index contributed by atoms with van der Waals surface area (Å²) in [6, 6.07) is 1.29. The standard InChI is InChI=1S/C8H6F4N/c1-13(2)8-6(11)4(9)3-5(10)7(8)12/h1-2H3. The fourth-order valence-corrected chi connectivity index (χ4v) is 0.903. The van der Waals surface area contributed by atoms with Gasteiger partial charge in [0.15, 0.2) is 23.3 Å². The van der Waals surface area contributed by atoms with E-state index in [0.29, 0.717) is 0 Å². The van der Waals surface area contributed by atoms with Crippen LogP contribution in [0.5, 0.6) is 0 Å². The molecule has 0 fully saturated rings. The molecule has 5 heteroatoms. The first-order chi connectivity index (χ1) is 5.95. The van der Waals surface area contributed by atoms with E-state index in [-0.39, 0.29) is 0 Å². The summed E-state index contributed by atoms with van der Waals surface area (Å²) >= 11 is 0. The largest absolute Gasteiger partial charge is 0.373 e. The lowest BCUT2D eigenvalue weighted by molar-refractivity contribution is 0.452. The van der Waals surface area contributed by atoms with Crippen molar-refractivity contribution in [2.45, 2.75) is 0 Å². The Labute approximate surface area is 72.6 Å². The average molecular weight is 192 g/mol. The number of nitrogens with zero attached hydrogens (tertiary/aromatic N) is 1. The summed E-state index contributed by atoms with van der Waals surface area (Å²) in [5, 5.41) is 0. The monoisotopic (exact) mass is 192 g/mol. The molecule has 0 heterocycles. The van der Waals surface area contributed by atoms with Crippen LogP contribution < -0.4 is 4.90 Å². The second kappa shape index (κ2) is 3.24. The molecule has 0 bridgehead atoms. The first-order valence-electron chi connectivity index (χ1n) is 3.37. The molecule has 71 valence electrons. The van der Waals surface area contributed by atoms with Crippen LogP contribution in [-0.4, -0.2) is 14.1 Å². The maximum absolute atomic E-state index is 12.8. The highest BCUT2D eigenvalue weighted by Crippen LogP contribution is 2.25. The molecule has 1 rings (SSSR count). The Balaban J connectivity index is 3.46. The van der Waals surface area contributed by atoms with Gasteiger partial charge in [-0.2, -0.15) is 0 Å². The molecule has 0 aliphatic rings. The number of hydrogen-bond donors (Lipinski definition) is 0. The molecule has 0 aliphatic carbocycles.